The molecule has 2 amide bonds. The Kier molecular flexibility index (Phi) is 9.12. The molecule has 2 saturated heterocycles. The van der Waals surface area contributed by atoms with Crippen LogP contribution in [0.1, 0.15) is 32.1 Å². The molecule has 29 heavy (non-hydrogen) atoms. The average Bonchev–Trinajstić information content (AvgIpc) is 2.70. The van der Waals surface area contributed by atoms with Gasteiger partial charge in [0.25, 0.3) is 0 Å². The molecule has 2 N–H and O–H groups in total. The van der Waals surface area contributed by atoms with Crippen LogP contribution in [-0.4, -0.2) is 61.9 Å². The first kappa shape index (κ1) is 23.4. The first-order chi connectivity index (χ1) is 13.6. The fourth-order valence-corrected chi connectivity index (χ4v) is 3.68. The molecule has 0 aliphatic carbocycles. The fourth-order valence-electron chi connectivity index (χ4n) is 3.68. The maximum Gasteiger partial charge on any atom is 0.229 e. The fraction of sp³-hybridized carbons (Fsp3) is 0.550. The van der Waals surface area contributed by atoms with E-state index in [9.17, 15) is 14.0 Å². The van der Waals surface area contributed by atoms with Crippen LogP contribution < -0.4 is 15.5 Å². The molecule has 0 unspecified atom stereocenters. The summed E-state index contributed by atoms with van der Waals surface area (Å²) in [4.78, 5) is 31.4. The topological polar surface area (TPSA) is 77.0 Å². The smallest absolute Gasteiger partial charge is 0.229 e. The number of amides is 2. The number of nitrogens with one attached hydrogen (secondary N) is 2. The van der Waals surface area contributed by atoms with Gasteiger partial charge in [0.1, 0.15) is 5.82 Å². The van der Waals surface area contributed by atoms with Gasteiger partial charge < -0.3 is 15.5 Å². The van der Waals surface area contributed by atoms with E-state index in [1.54, 1.807) is 19.2 Å². The van der Waals surface area contributed by atoms with Crippen LogP contribution in [0.2, 0.25) is 0 Å². The predicted octanol–water partition coefficient (Wildman–Crippen LogP) is 2.12. The number of carbonyl (C=O) groups excluding carboxylic acids is 2. The lowest BCUT2D eigenvalue weighted by atomic mass is 10.0. The first-order valence-electron chi connectivity index (χ1n) is 9.87. The monoisotopic (exact) mass is 517 g/mol. The van der Waals surface area contributed by atoms with Crippen LogP contribution in [0, 0.1) is 5.82 Å². The second-order valence-electron chi connectivity index (χ2n) is 7.18. The number of piperidine rings is 2. The molecule has 1 aromatic carbocycles. The van der Waals surface area contributed by atoms with E-state index in [2.05, 4.69) is 20.5 Å². The molecule has 0 bridgehead atoms. The molecule has 0 atom stereocenters. The number of benzene rings is 1. The number of imide groups is 1. The molecule has 7 nitrogen and oxygen atoms in total. The van der Waals surface area contributed by atoms with Crippen molar-refractivity contribution < 1.29 is 14.0 Å². The Morgan fingerprint density at radius 2 is 1.90 bits per heavy atom. The molecule has 0 radical (unpaired) electrons. The van der Waals surface area contributed by atoms with Crippen molar-refractivity contribution in [3.8, 4) is 0 Å². The van der Waals surface area contributed by atoms with Crippen molar-refractivity contribution in [2.24, 2.45) is 4.99 Å². The summed E-state index contributed by atoms with van der Waals surface area (Å²) in [5, 5.41) is 6.58. The summed E-state index contributed by atoms with van der Waals surface area (Å²) in [6.07, 6.45) is 3.38. The highest BCUT2D eigenvalue weighted by Gasteiger charge is 2.25. The number of anilines is 1. The van der Waals surface area contributed by atoms with Gasteiger partial charge >= 0.3 is 0 Å². The van der Waals surface area contributed by atoms with Crippen molar-refractivity contribution in [1.82, 2.24) is 15.5 Å². The Morgan fingerprint density at radius 1 is 1.21 bits per heavy atom. The third-order valence-electron chi connectivity index (χ3n) is 5.24. The molecule has 0 spiro atoms. The summed E-state index contributed by atoms with van der Waals surface area (Å²) in [5.74, 6) is 0.269. The van der Waals surface area contributed by atoms with Crippen molar-refractivity contribution >= 4 is 47.4 Å². The number of hydrogen-bond donors (Lipinski definition) is 2. The van der Waals surface area contributed by atoms with Crippen LogP contribution in [-0.2, 0) is 9.59 Å². The minimum atomic E-state index is -0.215. The Bertz CT molecular complexity index is 721. The van der Waals surface area contributed by atoms with Gasteiger partial charge in [-0.1, -0.05) is 6.07 Å². The number of hydrogen-bond acceptors (Lipinski definition) is 4. The summed E-state index contributed by atoms with van der Waals surface area (Å²) in [7, 11) is 1.70. The Labute approximate surface area is 188 Å². The second kappa shape index (κ2) is 11.3. The van der Waals surface area contributed by atoms with Gasteiger partial charge in [-0.3, -0.25) is 19.5 Å². The van der Waals surface area contributed by atoms with Gasteiger partial charge in [-0.2, -0.15) is 0 Å². The number of rotatable bonds is 5. The molecule has 9 heteroatoms. The summed E-state index contributed by atoms with van der Waals surface area (Å²) >= 11 is 0. The molecule has 3 rings (SSSR count). The van der Waals surface area contributed by atoms with Crippen molar-refractivity contribution in [3.05, 3.63) is 30.1 Å². The second-order valence-corrected chi connectivity index (χ2v) is 7.18. The molecule has 2 aliphatic heterocycles. The normalized spacial score (nSPS) is 18.5. The van der Waals surface area contributed by atoms with Gasteiger partial charge in [-0.25, -0.2) is 4.39 Å². The number of nitrogens with zero attached hydrogens (tertiary/aromatic N) is 3. The number of aliphatic imine (C=N–C) groups is 1. The molecular weight excluding hydrogens is 488 g/mol. The quantitative estimate of drug-likeness (QED) is 0.271. The third-order valence-corrected chi connectivity index (χ3v) is 5.24. The van der Waals surface area contributed by atoms with Gasteiger partial charge in [0.05, 0.1) is 0 Å². The van der Waals surface area contributed by atoms with Crippen LogP contribution >= 0.6 is 24.0 Å². The van der Waals surface area contributed by atoms with Crippen LogP contribution in [0.3, 0.4) is 0 Å². The van der Waals surface area contributed by atoms with Gasteiger partial charge in [-0.15, -0.1) is 24.0 Å². The van der Waals surface area contributed by atoms with E-state index >= 15 is 0 Å². The molecule has 1 aromatic rings. The van der Waals surface area contributed by atoms with Crippen LogP contribution in [0.5, 0.6) is 0 Å². The summed E-state index contributed by atoms with van der Waals surface area (Å²) in [6.45, 7) is 2.51. The Hall–Kier alpha value is -1.91. The van der Waals surface area contributed by atoms with Gasteiger partial charge in [0, 0.05) is 57.8 Å². The highest BCUT2D eigenvalue weighted by Crippen LogP contribution is 2.20. The molecule has 2 fully saturated rings. The molecule has 2 heterocycles. The van der Waals surface area contributed by atoms with Crippen LogP contribution in [0.25, 0.3) is 0 Å². The summed E-state index contributed by atoms with van der Waals surface area (Å²) < 4.78 is 13.4. The lowest BCUT2D eigenvalue weighted by molar-refractivity contribution is -0.147. The summed E-state index contributed by atoms with van der Waals surface area (Å²) in [5.41, 5.74) is 0.914. The van der Waals surface area contributed by atoms with Crippen LogP contribution in [0.4, 0.5) is 10.1 Å². The molecule has 160 valence electrons. The standard InChI is InChI=1S/C20H28FN5O2.HI/c1-22-20(23-10-13-26-18(27)6-3-7-19(26)28)24-16-8-11-25(12-9-16)17-5-2-4-15(21)14-17;/h2,4-5,14,16H,3,6-13H2,1H3,(H2,22,23,24);1H. The maximum absolute atomic E-state index is 13.4. The zero-order valence-electron chi connectivity index (χ0n) is 16.7. The van der Waals surface area contributed by atoms with Crippen molar-refractivity contribution in [1.29, 1.82) is 0 Å². The van der Waals surface area contributed by atoms with Crippen molar-refractivity contribution in [2.75, 3.05) is 38.1 Å². The Morgan fingerprint density at radius 3 is 2.52 bits per heavy atom. The molecule has 0 saturated carbocycles. The van der Waals surface area contributed by atoms with E-state index in [0.29, 0.717) is 38.3 Å². The zero-order chi connectivity index (χ0) is 19.9. The van der Waals surface area contributed by atoms with E-state index < -0.39 is 0 Å². The van der Waals surface area contributed by atoms with Gasteiger partial charge in [0.2, 0.25) is 11.8 Å². The maximum atomic E-state index is 13.4. The molecule has 0 aromatic heterocycles. The minimum Gasteiger partial charge on any atom is -0.371 e. The van der Waals surface area contributed by atoms with E-state index in [0.717, 1.165) is 31.6 Å². The lowest BCUT2D eigenvalue weighted by Crippen LogP contribution is -2.50. The van der Waals surface area contributed by atoms with E-state index in [1.165, 1.54) is 11.0 Å². The van der Waals surface area contributed by atoms with Crippen molar-refractivity contribution in [2.45, 2.75) is 38.1 Å². The van der Waals surface area contributed by atoms with E-state index in [4.69, 9.17) is 0 Å². The minimum absolute atomic E-state index is 0. The van der Waals surface area contributed by atoms with E-state index in [1.807, 2.05) is 6.07 Å². The highest BCUT2D eigenvalue weighted by molar-refractivity contribution is 14.0. The SMILES string of the molecule is CN=C(NCCN1C(=O)CCCC1=O)NC1CCN(c2cccc(F)c2)CC1.I. The Balaban J connectivity index is 0.00000300. The van der Waals surface area contributed by atoms with E-state index in [-0.39, 0.29) is 47.7 Å². The summed E-state index contributed by atoms with van der Waals surface area (Å²) in [6, 6.07) is 6.96. The predicted molar refractivity (Wildman–Crippen MR) is 122 cm³/mol. The number of halogens is 2. The highest BCUT2D eigenvalue weighted by atomic mass is 127. The third kappa shape index (κ3) is 6.55. The first-order valence-corrected chi connectivity index (χ1v) is 9.87. The number of likely N-dealkylation sites (tertiary alicyclic amines) is 1. The number of carbonyl (C=O) groups is 2. The van der Waals surface area contributed by atoms with Crippen LogP contribution in [0.15, 0.2) is 29.3 Å². The van der Waals surface area contributed by atoms with Gasteiger partial charge in [0.15, 0.2) is 5.96 Å². The average molecular weight is 517 g/mol. The lowest BCUT2D eigenvalue weighted by Gasteiger charge is -2.34. The number of guanidine groups is 1. The van der Waals surface area contributed by atoms with Gasteiger partial charge in [-0.05, 0) is 37.5 Å². The largest absolute Gasteiger partial charge is 0.371 e. The molecular formula is C20H29FIN5O2. The zero-order valence-corrected chi connectivity index (χ0v) is 19.0. The molecule has 2 aliphatic rings. The van der Waals surface area contributed by atoms with Crippen molar-refractivity contribution in [3.63, 3.8) is 0 Å².